The number of nitrogens with one attached hydrogen (secondary N) is 1. The average molecular weight is 420 g/mol. The fourth-order valence-electron chi connectivity index (χ4n) is 2.15. The standard InChI is InChI=1S/C19H30ClNO5S/c1-12-10-16(13(2)9-14(12)20)27(23,24)21-15(11-25-18(3,4)5)17(22)26-19(6,7)8/h9-10,15,21H,11H2,1-8H3. The number of esters is 1. The van der Waals surface area contributed by atoms with Crippen molar-refractivity contribution in [3.05, 3.63) is 28.3 Å². The first kappa shape index (κ1) is 23.9. The van der Waals surface area contributed by atoms with Crippen LogP contribution in [0.2, 0.25) is 5.02 Å². The number of aryl methyl sites for hydroxylation is 2. The van der Waals surface area contributed by atoms with Crippen molar-refractivity contribution in [2.75, 3.05) is 6.61 Å². The molecule has 0 spiro atoms. The zero-order valence-corrected chi connectivity index (χ0v) is 18.8. The molecule has 1 atom stereocenters. The fourth-order valence-corrected chi connectivity index (χ4v) is 3.85. The smallest absolute Gasteiger partial charge is 0.327 e. The number of hydrogen-bond acceptors (Lipinski definition) is 5. The van der Waals surface area contributed by atoms with Crippen molar-refractivity contribution in [3.8, 4) is 0 Å². The molecule has 0 fully saturated rings. The third kappa shape index (κ3) is 7.78. The monoisotopic (exact) mass is 419 g/mol. The van der Waals surface area contributed by atoms with Gasteiger partial charge in [-0.1, -0.05) is 11.6 Å². The highest BCUT2D eigenvalue weighted by Gasteiger charge is 2.32. The molecular weight excluding hydrogens is 390 g/mol. The molecule has 0 aromatic heterocycles. The van der Waals surface area contributed by atoms with E-state index >= 15 is 0 Å². The van der Waals surface area contributed by atoms with Gasteiger partial charge in [0.2, 0.25) is 10.0 Å². The van der Waals surface area contributed by atoms with E-state index in [9.17, 15) is 13.2 Å². The van der Waals surface area contributed by atoms with E-state index < -0.39 is 33.2 Å². The van der Waals surface area contributed by atoms with Crippen LogP contribution in [0, 0.1) is 13.8 Å². The number of carbonyl (C=O) groups is 1. The molecule has 1 aromatic carbocycles. The molecule has 1 aromatic rings. The molecule has 0 aliphatic rings. The van der Waals surface area contributed by atoms with Gasteiger partial charge in [-0.15, -0.1) is 0 Å². The lowest BCUT2D eigenvalue weighted by Crippen LogP contribution is -2.48. The minimum Gasteiger partial charge on any atom is -0.459 e. The summed E-state index contributed by atoms with van der Waals surface area (Å²) in [6.07, 6.45) is 0. The summed E-state index contributed by atoms with van der Waals surface area (Å²) in [5.74, 6) is -0.696. The maximum atomic E-state index is 12.9. The Hall–Kier alpha value is -1.15. The molecule has 0 saturated carbocycles. The highest BCUT2D eigenvalue weighted by molar-refractivity contribution is 7.89. The molecule has 1 N–H and O–H groups in total. The minimum absolute atomic E-state index is 0.0636. The van der Waals surface area contributed by atoms with E-state index in [1.54, 1.807) is 40.7 Å². The summed E-state index contributed by atoms with van der Waals surface area (Å²) in [5, 5.41) is 0.478. The maximum absolute atomic E-state index is 12.9. The van der Waals surface area contributed by atoms with Crippen LogP contribution in [0.1, 0.15) is 52.7 Å². The van der Waals surface area contributed by atoms with Gasteiger partial charge in [-0.3, -0.25) is 4.79 Å². The van der Waals surface area contributed by atoms with E-state index in [4.69, 9.17) is 21.1 Å². The molecule has 0 radical (unpaired) electrons. The van der Waals surface area contributed by atoms with Crippen LogP contribution in [0.3, 0.4) is 0 Å². The third-order valence-corrected chi connectivity index (χ3v) is 5.44. The zero-order valence-electron chi connectivity index (χ0n) is 17.3. The highest BCUT2D eigenvalue weighted by atomic mass is 35.5. The maximum Gasteiger partial charge on any atom is 0.327 e. The van der Waals surface area contributed by atoms with Crippen LogP contribution in [0.4, 0.5) is 0 Å². The Bertz CT molecular complexity index is 792. The number of rotatable bonds is 6. The Balaban J connectivity index is 3.19. The highest BCUT2D eigenvalue weighted by Crippen LogP contribution is 2.24. The van der Waals surface area contributed by atoms with E-state index in [-0.39, 0.29) is 11.5 Å². The third-order valence-electron chi connectivity index (χ3n) is 3.42. The number of hydrogen-bond donors (Lipinski definition) is 1. The molecule has 0 aliphatic heterocycles. The van der Waals surface area contributed by atoms with Crippen LogP contribution >= 0.6 is 11.6 Å². The molecule has 0 bridgehead atoms. The van der Waals surface area contributed by atoms with Crippen molar-refractivity contribution >= 4 is 27.6 Å². The fraction of sp³-hybridized carbons (Fsp3) is 0.632. The summed E-state index contributed by atoms with van der Waals surface area (Å²) in [4.78, 5) is 12.6. The van der Waals surface area contributed by atoms with Crippen molar-refractivity contribution in [2.24, 2.45) is 0 Å². The lowest BCUT2D eigenvalue weighted by Gasteiger charge is -2.27. The van der Waals surface area contributed by atoms with Gasteiger partial charge in [-0.05, 0) is 78.6 Å². The summed E-state index contributed by atoms with van der Waals surface area (Å²) in [7, 11) is -3.99. The van der Waals surface area contributed by atoms with Crippen molar-refractivity contribution in [1.29, 1.82) is 0 Å². The number of benzene rings is 1. The summed E-state index contributed by atoms with van der Waals surface area (Å²) in [6.45, 7) is 13.8. The van der Waals surface area contributed by atoms with Gasteiger partial charge in [0, 0.05) is 5.02 Å². The lowest BCUT2D eigenvalue weighted by atomic mass is 10.2. The van der Waals surface area contributed by atoms with Crippen LogP contribution in [-0.2, 0) is 24.3 Å². The largest absolute Gasteiger partial charge is 0.459 e. The molecule has 0 heterocycles. The Morgan fingerprint density at radius 3 is 2.11 bits per heavy atom. The number of halogens is 1. The summed E-state index contributed by atoms with van der Waals surface area (Å²) >= 11 is 6.06. The molecule has 1 unspecified atom stereocenters. The van der Waals surface area contributed by atoms with Gasteiger partial charge in [0.15, 0.2) is 0 Å². The summed E-state index contributed by atoms with van der Waals surface area (Å²) in [6, 6.07) is 1.89. The average Bonchev–Trinajstić information content (AvgIpc) is 2.44. The number of sulfonamides is 1. The van der Waals surface area contributed by atoms with E-state index in [2.05, 4.69) is 4.72 Å². The second-order valence-corrected chi connectivity index (χ2v) is 10.6. The number of carbonyl (C=O) groups excluding carboxylic acids is 1. The predicted molar refractivity (Wildman–Crippen MR) is 107 cm³/mol. The SMILES string of the molecule is Cc1cc(S(=O)(=O)NC(COC(C)(C)C)C(=O)OC(C)(C)C)c(C)cc1Cl. The van der Waals surface area contributed by atoms with Crippen LogP contribution in [0.5, 0.6) is 0 Å². The van der Waals surface area contributed by atoms with Crippen molar-refractivity contribution in [1.82, 2.24) is 4.72 Å². The quantitative estimate of drug-likeness (QED) is 0.710. The van der Waals surface area contributed by atoms with Gasteiger partial charge in [-0.2, -0.15) is 4.72 Å². The van der Waals surface area contributed by atoms with Crippen LogP contribution < -0.4 is 4.72 Å². The van der Waals surface area contributed by atoms with Gasteiger partial charge >= 0.3 is 5.97 Å². The van der Waals surface area contributed by atoms with E-state index in [1.807, 2.05) is 20.8 Å². The van der Waals surface area contributed by atoms with Gasteiger partial charge < -0.3 is 9.47 Å². The van der Waals surface area contributed by atoms with Crippen molar-refractivity contribution < 1.29 is 22.7 Å². The first-order chi connectivity index (χ1) is 12.0. The van der Waals surface area contributed by atoms with E-state index in [0.717, 1.165) is 0 Å². The van der Waals surface area contributed by atoms with Crippen LogP contribution in [-0.4, -0.2) is 38.2 Å². The van der Waals surface area contributed by atoms with Crippen LogP contribution in [0.15, 0.2) is 17.0 Å². The Morgan fingerprint density at radius 1 is 1.07 bits per heavy atom. The summed E-state index contributed by atoms with van der Waals surface area (Å²) in [5.41, 5.74) is -0.187. The molecule has 6 nitrogen and oxygen atoms in total. The lowest BCUT2D eigenvalue weighted by molar-refractivity contribution is -0.159. The second kappa shape index (κ2) is 8.47. The van der Waals surface area contributed by atoms with E-state index in [0.29, 0.717) is 16.1 Å². The number of ether oxygens (including phenoxy) is 2. The van der Waals surface area contributed by atoms with Gasteiger partial charge in [0.1, 0.15) is 11.6 Å². The van der Waals surface area contributed by atoms with Gasteiger partial charge in [0.25, 0.3) is 0 Å². The molecule has 0 amide bonds. The predicted octanol–water partition coefficient (Wildman–Crippen LogP) is 3.76. The first-order valence-electron chi connectivity index (χ1n) is 8.68. The van der Waals surface area contributed by atoms with Crippen LogP contribution in [0.25, 0.3) is 0 Å². The van der Waals surface area contributed by atoms with E-state index in [1.165, 1.54) is 6.07 Å². The first-order valence-corrected chi connectivity index (χ1v) is 10.5. The Kier molecular flexibility index (Phi) is 7.49. The topological polar surface area (TPSA) is 81.7 Å². The normalized spacial score (nSPS) is 14.1. The summed E-state index contributed by atoms with van der Waals surface area (Å²) < 4.78 is 39.2. The van der Waals surface area contributed by atoms with Gasteiger partial charge in [-0.25, -0.2) is 8.42 Å². The molecule has 0 aliphatic carbocycles. The molecule has 8 heteroatoms. The van der Waals surface area contributed by atoms with Crippen molar-refractivity contribution in [3.63, 3.8) is 0 Å². The second-order valence-electron chi connectivity index (χ2n) is 8.50. The Labute approximate surface area is 167 Å². The molecular formula is C19H30ClNO5S. The van der Waals surface area contributed by atoms with Crippen molar-refractivity contribution in [2.45, 2.75) is 77.5 Å². The molecule has 0 saturated heterocycles. The Morgan fingerprint density at radius 2 is 1.63 bits per heavy atom. The minimum atomic E-state index is -3.99. The molecule has 27 heavy (non-hydrogen) atoms. The van der Waals surface area contributed by atoms with Gasteiger partial charge in [0.05, 0.1) is 17.1 Å². The zero-order chi connectivity index (χ0) is 21.2. The molecule has 154 valence electrons. The molecule has 1 rings (SSSR count).